The van der Waals surface area contributed by atoms with Gasteiger partial charge in [0.15, 0.2) is 5.69 Å². The van der Waals surface area contributed by atoms with Gasteiger partial charge < -0.3 is 15.0 Å². The fourth-order valence-corrected chi connectivity index (χ4v) is 3.91. The standard InChI is InChI=1S/C22H29N5O3/c1-30-19-9-7-17(8-10-19)22(29)27-12-3-2-4-18(27)11-13-26-15-20(24-25-26)21(28)23-14-16-5-6-16/h7-10,15-16,18H,2-6,11-14H2,1H3,(H,23,28). The molecule has 2 fully saturated rings. The Morgan fingerprint density at radius 1 is 1.17 bits per heavy atom. The maximum Gasteiger partial charge on any atom is 0.273 e. The van der Waals surface area contributed by atoms with Crippen molar-refractivity contribution in [1.82, 2.24) is 25.2 Å². The van der Waals surface area contributed by atoms with Crippen LogP contribution in [-0.4, -0.2) is 57.9 Å². The van der Waals surface area contributed by atoms with Crippen molar-refractivity contribution in [1.29, 1.82) is 0 Å². The Bertz CT molecular complexity index is 875. The van der Waals surface area contributed by atoms with Crippen LogP contribution in [0.1, 0.15) is 59.4 Å². The summed E-state index contributed by atoms with van der Waals surface area (Å²) in [6.07, 6.45) is 7.98. The normalized spacial score (nSPS) is 18.8. The lowest BCUT2D eigenvalue weighted by molar-refractivity contribution is 0.0593. The fourth-order valence-electron chi connectivity index (χ4n) is 3.91. The molecule has 30 heavy (non-hydrogen) atoms. The summed E-state index contributed by atoms with van der Waals surface area (Å²) in [7, 11) is 1.61. The van der Waals surface area contributed by atoms with Crippen LogP contribution in [0, 0.1) is 5.92 Å². The van der Waals surface area contributed by atoms with E-state index in [2.05, 4.69) is 15.6 Å². The topological polar surface area (TPSA) is 89.4 Å². The number of benzene rings is 1. The van der Waals surface area contributed by atoms with Gasteiger partial charge in [0.25, 0.3) is 11.8 Å². The van der Waals surface area contributed by atoms with Gasteiger partial charge in [-0.05, 0) is 68.7 Å². The van der Waals surface area contributed by atoms with E-state index >= 15 is 0 Å². The van der Waals surface area contributed by atoms with E-state index in [9.17, 15) is 9.59 Å². The molecule has 1 unspecified atom stereocenters. The summed E-state index contributed by atoms with van der Waals surface area (Å²) in [6.45, 7) is 2.11. The molecule has 4 rings (SSSR count). The third-order valence-electron chi connectivity index (χ3n) is 5.94. The average Bonchev–Trinajstić information content (AvgIpc) is 3.50. The molecule has 1 aromatic heterocycles. The molecule has 0 bridgehead atoms. The van der Waals surface area contributed by atoms with Crippen molar-refractivity contribution in [2.75, 3.05) is 20.2 Å². The van der Waals surface area contributed by atoms with Gasteiger partial charge in [-0.3, -0.25) is 14.3 Å². The van der Waals surface area contributed by atoms with Gasteiger partial charge in [0.2, 0.25) is 0 Å². The van der Waals surface area contributed by atoms with Crippen LogP contribution >= 0.6 is 0 Å². The Labute approximate surface area is 176 Å². The molecule has 1 saturated heterocycles. The fraction of sp³-hybridized carbons (Fsp3) is 0.545. The average molecular weight is 412 g/mol. The summed E-state index contributed by atoms with van der Waals surface area (Å²) in [5.41, 5.74) is 1.03. The van der Waals surface area contributed by atoms with Gasteiger partial charge in [-0.1, -0.05) is 5.21 Å². The molecule has 2 amide bonds. The van der Waals surface area contributed by atoms with Crippen LogP contribution in [0.3, 0.4) is 0 Å². The van der Waals surface area contributed by atoms with Crippen molar-refractivity contribution >= 4 is 11.8 Å². The molecule has 1 atom stereocenters. The van der Waals surface area contributed by atoms with E-state index in [1.54, 1.807) is 18.0 Å². The Morgan fingerprint density at radius 3 is 2.70 bits per heavy atom. The molecular weight excluding hydrogens is 382 g/mol. The number of hydrogen-bond acceptors (Lipinski definition) is 5. The Hall–Kier alpha value is -2.90. The van der Waals surface area contributed by atoms with E-state index in [-0.39, 0.29) is 17.9 Å². The highest BCUT2D eigenvalue weighted by molar-refractivity contribution is 5.94. The number of nitrogens with one attached hydrogen (secondary N) is 1. The molecule has 1 saturated carbocycles. The summed E-state index contributed by atoms with van der Waals surface area (Å²) in [5.74, 6) is 1.26. The highest BCUT2D eigenvalue weighted by atomic mass is 16.5. The van der Waals surface area contributed by atoms with Gasteiger partial charge in [0, 0.05) is 31.2 Å². The van der Waals surface area contributed by atoms with Crippen molar-refractivity contribution in [3.05, 3.63) is 41.7 Å². The zero-order valence-corrected chi connectivity index (χ0v) is 17.4. The van der Waals surface area contributed by atoms with Crippen molar-refractivity contribution in [2.45, 2.75) is 51.1 Å². The third kappa shape index (κ3) is 4.98. The molecule has 1 N–H and O–H groups in total. The highest BCUT2D eigenvalue weighted by Crippen LogP contribution is 2.27. The minimum atomic E-state index is -0.165. The van der Waals surface area contributed by atoms with E-state index in [1.165, 1.54) is 12.8 Å². The molecule has 8 nitrogen and oxygen atoms in total. The van der Waals surface area contributed by atoms with Crippen LogP contribution in [0.2, 0.25) is 0 Å². The molecular formula is C22H29N5O3. The monoisotopic (exact) mass is 411 g/mol. The largest absolute Gasteiger partial charge is 0.497 e. The second kappa shape index (κ2) is 9.28. The second-order valence-electron chi connectivity index (χ2n) is 8.19. The predicted octanol–water partition coefficient (Wildman–Crippen LogP) is 2.51. The minimum Gasteiger partial charge on any atom is -0.497 e. The van der Waals surface area contributed by atoms with E-state index in [0.29, 0.717) is 23.7 Å². The summed E-state index contributed by atoms with van der Waals surface area (Å²) in [5, 5.41) is 11.0. The number of aryl methyl sites for hydroxylation is 1. The van der Waals surface area contributed by atoms with E-state index < -0.39 is 0 Å². The van der Waals surface area contributed by atoms with E-state index in [0.717, 1.165) is 44.5 Å². The van der Waals surface area contributed by atoms with Crippen LogP contribution in [0.5, 0.6) is 5.75 Å². The lowest BCUT2D eigenvalue weighted by atomic mass is 9.98. The zero-order chi connectivity index (χ0) is 20.9. The van der Waals surface area contributed by atoms with Crippen LogP contribution in [0.15, 0.2) is 30.5 Å². The number of hydrogen-bond donors (Lipinski definition) is 1. The van der Waals surface area contributed by atoms with Crippen LogP contribution in [0.4, 0.5) is 0 Å². The molecule has 160 valence electrons. The third-order valence-corrected chi connectivity index (χ3v) is 5.94. The summed E-state index contributed by atoms with van der Waals surface area (Å²) in [6, 6.07) is 7.42. The molecule has 1 aromatic carbocycles. The highest BCUT2D eigenvalue weighted by Gasteiger charge is 2.27. The SMILES string of the molecule is COc1ccc(C(=O)N2CCCCC2CCn2cc(C(=O)NCC3CC3)nn2)cc1. The molecule has 2 aromatic rings. The quantitative estimate of drug-likeness (QED) is 0.721. The van der Waals surface area contributed by atoms with Gasteiger partial charge in [0.05, 0.1) is 13.3 Å². The number of ether oxygens (including phenoxy) is 1. The first-order valence-electron chi connectivity index (χ1n) is 10.8. The number of nitrogens with zero attached hydrogens (tertiary/aromatic N) is 4. The first-order chi connectivity index (χ1) is 14.6. The number of rotatable bonds is 8. The number of amides is 2. The molecule has 0 radical (unpaired) electrons. The number of piperidine rings is 1. The zero-order valence-electron chi connectivity index (χ0n) is 17.4. The minimum absolute atomic E-state index is 0.0566. The molecule has 2 heterocycles. The smallest absolute Gasteiger partial charge is 0.273 e. The molecule has 1 aliphatic heterocycles. The van der Waals surface area contributed by atoms with Gasteiger partial charge in [-0.25, -0.2) is 0 Å². The summed E-state index contributed by atoms with van der Waals surface area (Å²) < 4.78 is 6.89. The molecule has 1 aliphatic carbocycles. The van der Waals surface area contributed by atoms with Crippen LogP contribution in [-0.2, 0) is 6.54 Å². The van der Waals surface area contributed by atoms with Gasteiger partial charge in [-0.15, -0.1) is 5.10 Å². The van der Waals surface area contributed by atoms with E-state index in [4.69, 9.17) is 4.74 Å². The van der Waals surface area contributed by atoms with Crippen molar-refractivity contribution < 1.29 is 14.3 Å². The number of aromatic nitrogens is 3. The second-order valence-corrected chi connectivity index (χ2v) is 8.19. The lowest BCUT2D eigenvalue weighted by Gasteiger charge is -2.36. The lowest BCUT2D eigenvalue weighted by Crippen LogP contribution is -2.44. The number of likely N-dealkylation sites (tertiary alicyclic amines) is 1. The maximum atomic E-state index is 13.0. The van der Waals surface area contributed by atoms with Gasteiger partial charge in [0.1, 0.15) is 5.75 Å². The van der Waals surface area contributed by atoms with Crippen molar-refractivity contribution in [3.63, 3.8) is 0 Å². The Balaban J connectivity index is 1.34. The summed E-state index contributed by atoms with van der Waals surface area (Å²) >= 11 is 0. The first-order valence-corrected chi connectivity index (χ1v) is 10.8. The number of carbonyl (C=O) groups is 2. The number of carbonyl (C=O) groups excluding carboxylic acids is 2. The van der Waals surface area contributed by atoms with Crippen LogP contribution in [0.25, 0.3) is 0 Å². The maximum absolute atomic E-state index is 13.0. The first kappa shape index (κ1) is 20.4. The van der Waals surface area contributed by atoms with E-state index in [1.807, 2.05) is 29.2 Å². The molecule has 8 heteroatoms. The van der Waals surface area contributed by atoms with Crippen LogP contribution < -0.4 is 10.1 Å². The molecule has 2 aliphatic rings. The Morgan fingerprint density at radius 2 is 1.97 bits per heavy atom. The Kier molecular flexibility index (Phi) is 6.30. The van der Waals surface area contributed by atoms with Crippen molar-refractivity contribution in [3.8, 4) is 5.75 Å². The van der Waals surface area contributed by atoms with Crippen molar-refractivity contribution in [2.24, 2.45) is 5.92 Å². The summed E-state index contributed by atoms with van der Waals surface area (Å²) in [4.78, 5) is 27.2. The molecule has 0 spiro atoms. The van der Waals surface area contributed by atoms with Gasteiger partial charge >= 0.3 is 0 Å². The van der Waals surface area contributed by atoms with Gasteiger partial charge in [-0.2, -0.15) is 0 Å². The number of methoxy groups -OCH3 is 1. The predicted molar refractivity (Wildman–Crippen MR) is 111 cm³/mol.